The number of unbranched alkanes of at least 4 members (excludes halogenated alkanes) is 1. The normalized spacial score (nSPS) is 11.9. The third-order valence-corrected chi connectivity index (χ3v) is 2.97. The molecule has 0 bridgehead atoms. The number of carbonyl (C=O) groups is 1. The summed E-state index contributed by atoms with van der Waals surface area (Å²) >= 11 is 0. The van der Waals surface area contributed by atoms with Gasteiger partial charge in [-0.1, -0.05) is 20.3 Å². The number of hydrogen-bond donors (Lipinski definition) is 2. The van der Waals surface area contributed by atoms with Crippen LogP contribution in [-0.4, -0.2) is 47.7 Å². The zero-order chi connectivity index (χ0) is 13.3. The van der Waals surface area contributed by atoms with Crippen molar-refractivity contribution in [2.75, 3.05) is 26.2 Å². The second-order valence-corrected chi connectivity index (χ2v) is 5.14. The van der Waals surface area contributed by atoms with Crippen LogP contribution in [0.3, 0.4) is 0 Å². The molecule has 0 rings (SSSR count). The quantitative estimate of drug-likeness (QED) is 0.644. The minimum absolute atomic E-state index is 0.0430. The van der Waals surface area contributed by atoms with Gasteiger partial charge in [0.05, 0.1) is 13.2 Å². The van der Waals surface area contributed by atoms with E-state index in [1.54, 1.807) is 0 Å². The molecule has 102 valence electrons. The highest BCUT2D eigenvalue weighted by molar-refractivity contribution is 5.78. The SMILES string of the molecule is CCCCN(CCO)CC(=O)NC(C)(C)CC. The summed E-state index contributed by atoms with van der Waals surface area (Å²) in [6.45, 7) is 10.1. The standard InChI is InChI=1S/C13H28N2O2/c1-5-7-8-15(9-10-16)11-12(17)14-13(3,4)6-2/h16H,5-11H2,1-4H3,(H,14,17). The number of aliphatic hydroxyl groups excluding tert-OH is 1. The Balaban J connectivity index is 4.11. The van der Waals surface area contributed by atoms with Crippen molar-refractivity contribution in [2.45, 2.75) is 52.5 Å². The molecule has 0 aliphatic heterocycles. The molecule has 0 atom stereocenters. The molecule has 4 nitrogen and oxygen atoms in total. The molecule has 0 aromatic carbocycles. The largest absolute Gasteiger partial charge is 0.395 e. The van der Waals surface area contributed by atoms with Crippen molar-refractivity contribution in [3.05, 3.63) is 0 Å². The van der Waals surface area contributed by atoms with E-state index in [0.29, 0.717) is 13.1 Å². The second kappa shape index (κ2) is 8.48. The first-order chi connectivity index (χ1) is 7.95. The van der Waals surface area contributed by atoms with Gasteiger partial charge >= 0.3 is 0 Å². The van der Waals surface area contributed by atoms with Crippen molar-refractivity contribution in [2.24, 2.45) is 0 Å². The molecule has 0 radical (unpaired) electrons. The smallest absolute Gasteiger partial charge is 0.234 e. The second-order valence-electron chi connectivity index (χ2n) is 5.14. The van der Waals surface area contributed by atoms with Gasteiger partial charge in [0.25, 0.3) is 0 Å². The third kappa shape index (κ3) is 8.16. The van der Waals surface area contributed by atoms with Crippen LogP contribution in [0.4, 0.5) is 0 Å². The van der Waals surface area contributed by atoms with Gasteiger partial charge in [0, 0.05) is 12.1 Å². The first kappa shape index (κ1) is 16.4. The minimum Gasteiger partial charge on any atom is -0.395 e. The van der Waals surface area contributed by atoms with E-state index in [9.17, 15) is 4.79 Å². The van der Waals surface area contributed by atoms with Crippen molar-refractivity contribution in [1.29, 1.82) is 0 Å². The number of nitrogens with zero attached hydrogens (tertiary/aromatic N) is 1. The van der Waals surface area contributed by atoms with Gasteiger partial charge in [-0.05, 0) is 33.2 Å². The molecular weight excluding hydrogens is 216 g/mol. The first-order valence-electron chi connectivity index (χ1n) is 6.59. The van der Waals surface area contributed by atoms with Crippen molar-refractivity contribution < 1.29 is 9.90 Å². The molecule has 0 saturated carbocycles. The van der Waals surface area contributed by atoms with E-state index in [-0.39, 0.29) is 18.1 Å². The number of carbonyl (C=O) groups excluding carboxylic acids is 1. The lowest BCUT2D eigenvalue weighted by molar-refractivity contribution is -0.124. The fourth-order valence-electron chi connectivity index (χ4n) is 1.50. The summed E-state index contributed by atoms with van der Waals surface area (Å²) in [5.74, 6) is 0.0430. The van der Waals surface area contributed by atoms with Crippen LogP contribution in [0.2, 0.25) is 0 Å². The number of rotatable bonds is 9. The van der Waals surface area contributed by atoms with Crippen LogP contribution in [0.15, 0.2) is 0 Å². The first-order valence-corrected chi connectivity index (χ1v) is 6.59. The predicted octanol–water partition coefficient (Wildman–Crippen LogP) is 1.39. The lowest BCUT2D eigenvalue weighted by atomic mass is 10.0. The summed E-state index contributed by atoms with van der Waals surface area (Å²) in [5.41, 5.74) is -0.146. The Hall–Kier alpha value is -0.610. The van der Waals surface area contributed by atoms with E-state index < -0.39 is 0 Å². The Kier molecular flexibility index (Phi) is 8.17. The molecule has 1 amide bonds. The van der Waals surface area contributed by atoms with Crippen LogP contribution in [0.1, 0.15) is 47.0 Å². The van der Waals surface area contributed by atoms with E-state index in [4.69, 9.17) is 5.11 Å². The lowest BCUT2D eigenvalue weighted by Crippen LogP contribution is -2.48. The molecule has 0 aliphatic carbocycles. The molecule has 0 fully saturated rings. The van der Waals surface area contributed by atoms with Gasteiger partial charge in [0.1, 0.15) is 0 Å². The topological polar surface area (TPSA) is 52.6 Å². The monoisotopic (exact) mass is 244 g/mol. The Morgan fingerprint density at radius 3 is 2.41 bits per heavy atom. The highest BCUT2D eigenvalue weighted by atomic mass is 16.3. The summed E-state index contributed by atoms with van der Waals surface area (Å²) in [5, 5.41) is 12.0. The van der Waals surface area contributed by atoms with E-state index in [0.717, 1.165) is 25.8 Å². The number of hydrogen-bond acceptors (Lipinski definition) is 3. The number of amides is 1. The minimum atomic E-state index is -0.146. The van der Waals surface area contributed by atoms with Gasteiger partial charge in [-0.15, -0.1) is 0 Å². The van der Waals surface area contributed by atoms with Gasteiger partial charge in [-0.3, -0.25) is 9.69 Å². The maximum atomic E-state index is 11.8. The van der Waals surface area contributed by atoms with E-state index >= 15 is 0 Å². The van der Waals surface area contributed by atoms with Crippen molar-refractivity contribution >= 4 is 5.91 Å². The zero-order valence-electron chi connectivity index (χ0n) is 11.8. The van der Waals surface area contributed by atoms with Crippen molar-refractivity contribution in [3.8, 4) is 0 Å². The Labute approximate surface area is 105 Å². The highest BCUT2D eigenvalue weighted by Gasteiger charge is 2.19. The van der Waals surface area contributed by atoms with Gasteiger partial charge in [0.15, 0.2) is 0 Å². The zero-order valence-corrected chi connectivity index (χ0v) is 11.8. The summed E-state index contributed by atoms with van der Waals surface area (Å²) in [6, 6.07) is 0. The maximum Gasteiger partial charge on any atom is 0.234 e. The predicted molar refractivity (Wildman–Crippen MR) is 70.9 cm³/mol. The van der Waals surface area contributed by atoms with Gasteiger partial charge in [0.2, 0.25) is 5.91 Å². The summed E-state index contributed by atoms with van der Waals surface area (Å²) < 4.78 is 0. The van der Waals surface area contributed by atoms with Crippen LogP contribution >= 0.6 is 0 Å². The van der Waals surface area contributed by atoms with E-state index in [1.807, 2.05) is 18.7 Å². The van der Waals surface area contributed by atoms with E-state index in [2.05, 4.69) is 19.2 Å². The van der Waals surface area contributed by atoms with Crippen molar-refractivity contribution in [3.63, 3.8) is 0 Å². The molecule has 17 heavy (non-hydrogen) atoms. The fraction of sp³-hybridized carbons (Fsp3) is 0.923. The summed E-state index contributed by atoms with van der Waals surface area (Å²) in [4.78, 5) is 13.8. The van der Waals surface area contributed by atoms with Gasteiger partial charge < -0.3 is 10.4 Å². The molecule has 0 unspecified atom stereocenters. The van der Waals surface area contributed by atoms with Gasteiger partial charge in [-0.25, -0.2) is 0 Å². The molecule has 4 heteroatoms. The average Bonchev–Trinajstić information content (AvgIpc) is 2.25. The Morgan fingerprint density at radius 2 is 1.94 bits per heavy atom. The van der Waals surface area contributed by atoms with Crippen LogP contribution < -0.4 is 5.32 Å². The van der Waals surface area contributed by atoms with Crippen LogP contribution in [0, 0.1) is 0 Å². The lowest BCUT2D eigenvalue weighted by Gasteiger charge is -2.27. The van der Waals surface area contributed by atoms with Gasteiger partial charge in [-0.2, -0.15) is 0 Å². The fourth-order valence-corrected chi connectivity index (χ4v) is 1.50. The molecule has 0 heterocycles. The number of aliphatic hydroxyl groups is 1. The maximum absolute atomic E-state index is 11.8. The molecule has 0 aromatic rings. The molecule has 0 spiro atoms. The molecule has 2 N–H and O–H groups in total. The molecule has 0 aliphatic rings. The summed E-state index contributed by atoms with van der Waals surface area (Å²) in [6.07, 6.45) is 3.07. The molecular formula is C13H28N2O2. The van der Waals surface area contributed by atoms with Crippen LogP contribution in [0.25, 0.3) is 0 Å². The van der Waals surface area contributed by atoms with Crippen molar-refractivity contribution in [1.82, 2.24) is 10.2 Å². The number of nitrogens with one attached hydrogen (secondary N) is 1. The summed E-state index contributed by atoms with van der Waals surface area (Å²) in [7, 11) is 0. The van der Waals surface area contributed by atoms with Crippen LogP contribution in [0.5, 0.6) is 0 Å². The third-order valence-electron chi connectivity index (χ3n) is 2.97. The van der Waals surface area contributed by atoms with Crippen LogP contribution in [-0.2, 0) is 4.79 Å². The molecule has 0 aromatic heterocycles. The van der Waals surface area contributed by atoms with E-state index in [1.165, 1.54) is 0 Å². The Bertz CT molecular complexity index is 217. The average molecular weight is 244 g/mol. The Morgan fingerprint density at radius 1 is 1.29 bits per heavy atom. The highest BCUT2D eigenvalue weighted by Crippen LogP contribution is 2.06. The molecule has 0 saturated heterocycles.